The summed E-state index contributed by atoms with van der Waals surface area (Å²) in [4.78, 5) is -0.113. The largest absolute Gasteiger partial charge is 0.207 e. The lowest BCUT2D eigenvalue weighted by Crippen LogP contribution is -1.99. The predicted molar refractivity (Wildman–Crippen MR) is 57.5 cm³/mol. The molecule has 0 saturated heterocycles. The number of hydrogen-bond acceptors (Lipinski definition) is 0. The van der Waals surface area contributed by atoms with Crippen LogP contribution in [0, 0.1) is 17.6 Å². The van der Waals surface area contributed by atoms with Crippen LogP contribution in [0.15, 0.2) is 18.2 Å². The van der Waals surface area contributed by atoms with Crippen molar-refractivity contribution in [3.8, 4) is 0 Å². The first kappa shape index (κ1) is 11.6. The molecule has 0 aliphatic rings. The van der Waals surface area contributed by atoms with Crippen molar-refractivity contribution in [2.24, 2.45) is 5.92 Å². The van der Waals surface area contributed by atoms with Gasteiger partial charge in [-0.15, -0.1) is 0 Å². The summed E-state index contributed by atoms with van der Waals surface area (Å²) in [6, 6.07) is 3.55. The molecule has 1 aromatic rings. The smallest absolute Gasteiger partial charge is 0.127 e. The molecule has 0 aliphatic carbocycles. The second-order valence-electron chi connectivity index (χ2n) is 3.76. The fraction of sp³-hybridized carbons (Fsp3) is 0.455. The summed E-state index contributed by atoms with van der Waals surface area (Å²) in [5.41, 5.74) is 0.402. The highest BCUT2D eigenvalue weighted by Crippen LogP contribution is 2.31. The molecule has 78 valence electrons. The summed E-state index contributed by atoms with van der Waals surface area (Å²) in [7, 11) is 0. The number of rotatable bonds is 3. The summed E-state index contributed by atoms with van der Waals surface area (Å²) in [6.45, 7) is 4.09. The molecule has 0 heterocycles. The van der Waals surface area contributed by atoms with Crippen molar-refractivity contribution >= 4 is 15.9 Å². The van der Waals surface area contributed by atoms with Gasteiger partial charge in [0.05, 0.1) is 0 Å². The van der Waals surface area contributed by atoms with Gasteiger partial charge in [-0.3, -0.25) is 0 Å². The third kappa shape index (κ3) is 3.05. The standard InChI is InChI=1S/C11H13BrF2/c1-7(2)5-10(12)9-6-8(13)3-4-11(9)14/h3-4,6-7,10H,5H2,1-2H3. The minimum absolute atomic E-state index is 0.113. The van der Waals surface area contributed by atoms with Gasteiger partial charge in [0, 0.05) is 10.4 Å². The number of halogens is 3. The van der Waals surface area contributed by atoms with Crippen molar-refractivity contribution in [3.63, 3.8) is 0 Å². The fourth-order valence-corrected chi connectivity index (χ4v) is 2.39. The molecule has 3 heteroatoms. The van der Waals surface area contributed by atoms with Crippen LogP contribution in [0.25, 0.3) is 0 Å². The van der Waals surface area contributed by atoms with Gasteiger partial charge in [0.2, 0.25) is 0 Å². The van der Waals surface area contributed by atoms with Gasteiger partial charge in [-0.05, 0) is 30.5 Å². The van der Waals surface area contributed by atoms with Crippen molar-refractivity contribution in [2.75, 3.05) is 0 Å². The summed E-state index contributed by atoms with van der Waals surface area (Å²) in [5, 5.41) is 0. The Morgan fingerprint density at radius 2 is 1.93 bits per heavy atom. The maximum absolute atomic E-state index is 13.3. The zero-order valence-electron chi connectivity index (χ0n) is 8.23. The Morgan fingerprint density at radius 3 is 2.50 bits per heavy atom. The molecule has 0 aliphatic heterocycles. The predicted octanol–water partition coefficient (Wildman–Crippen LogP) is 4.45. The summed E-state index contributed by atoms with van der Waals surface area (Å²) in [5.74, 6) is -0.300. The van der Waals surface area contributed by atoms with E-state index in [1.165, 1.54) is 12.1 Å². The first-order valence-corrected chi connectivity index (χ1v) is 5.51. The van der Waals surface area contributed by atoms with Crippen molar-refractivity contribution < 1.29 is 8.78 Å². The van der Waals surface area contributed by atoms with Crippen molar-refractivity contribution in [1.29, 1.82) is 0 Å². The molecule has 1 rings (SSSR count). The van der Waals surface area contributed by atoms with Gasteiger partial charge in [-0.1, -0.05) is 29.8 Å². The van der Waals surface area contributed by atoms with E-state index in [2.05, 4.69) is 15.9 Å². The third-order valence-electron chi connectivity index (χ3n) is 1.97. The molecule has 0 aromatic heterocycles. The lowest BCUT2D eigenvalue weighted by molar-refractivity contribution is 0.546. The summed E-state index contributed by atoms with van der Waals surface area (Å²) >= 11 is 3.36. The first-order chi connectivity index (χ1) is 6.50. The molecule has 0 fully saturated rings. The molecular formula is C11H13BrF2. The van der Waals surface area contributed by atoms with Gasteiger partial charge in [0.1, 0.15) is 11.6 Å². The molecule has 0 nitrogen and oxygen atoms in total. The Hall–Kier alpha value is -0.440. The average Bonchev–Trinajstić information content (AvgIpc) is 2.08. The second-order valence-corrected chi connectivity index (χ2v) is 4.87. The van der Waals surface area contributed by atoms with E-state index in [0.717, 1.165) is 12.5 Å². The maximum Gasteiger partial charge on any atom is 0.127 e. The normalized spacial score (nSPS) is 13.3. The topological polar surface area (TPSA) is 0 Å². The van der Waals surface area contributed by atoms with E-state index >= 15 is 0 Å². The first-order valence-electron chi connectivity index (χ1n) is 4.59. The fourth-order valence-electron chi connectivity index (χ4n) is 1.30. The van der Waals surface area contributed by atoms with Crippen LogP contribution < -0.4 is 0 Å². The summed E-state index contributed by atoms with van der Waals surface area (Å²) < 4.78 is 26.1. The van der Waals surface area contributed by atoms with Crippen molar-refractivity contribution in [2.45, 2.75) is 25.1 Å². The SMILES string of the molecule is CC(C)CC(Br)c1cc(F)ccc1F. The van der Waals surface area contributed by atoms with Crippen LogP contribution in [0.2, 0.25) is 0 Å². The van der Waals surface area contributed by atoms with Gasteiger partial charge >= 0.3 is 0 Å². The van der Waals surface area contributed by atoms with Gasteiger partial charge in [0.25, 0.3) is 0 Å². The van der Waals surface area contributed by atoms with Crippen LogP contribution in [0.1, 0.15) is 30.7 Å². The van der Waals surface area contributed by atoms with E-state index in [-0.39, 0.29) is 10.6 Å². The van der Waals surface area contributed by atoms with E-state index in [1.54, 1.807) is 0 Å². The minimum Gasteiger partial charge on any atom is -0.207 e. The molecule has 0 N–H and O–H groups in total. The Bertz CT molecular complexity index is 310. The highest BCUT2D eigenvalue weighted by molar-refractivity contribution is 9.09. The van der Waals surface area contributed by atoms with Crippen LogP contribution in [-0.4, -0.2) is 0 Å². The maximum atomic E-state index is 13.3. The Kier molecular flexibility index (Phi) is 4.05. The number of benzene rings is 1. The molecular weight excluding hydrogens is 250 g/mol. The second kappa shape index (κ2) is 4.87. The summed E-state index contributed by atoms with van der Waals surface area (Å²) in [6.07, 6.45) is 0.792. The lowest BCUT2D eigenvalue weighted by atomic mass is 10.0. The number of alkyl halides is 1. The molecule has 1 unspecified atom stereocenters. The van der Waals surface area contributed by atoms with Gasteiger partial charge in [-0.2, -0.15) is 0 Å². The number of hydrogen-bond donors (Lipinski definition) is 0. The van der Waals surface area contributed by atoms with E-state index in [1.807, 2.05) is 13.8 Å². The van der Waals surface area contributed by atoms with Crippen LogP contribution in [0.4, 0.5) is 8.78 Å². The van der Waals surface area contributed by atoms with Gasteiger partial charge in [-0.25, -0.2) is 8.78 Å². The lowest BCUT2D eigenvalue weighted by Gasteiger charge is -2.13. The third-order valence-corrected chi connectivity index (χ3v) is 2.84. The van der Waals surface area contributed by atoms with Crippen LogP contribution >= 0.6 is 15.9 Å². The minimum atomic E-state index is -0.394. The van der Waals surface area contributed by atoms with Crippen molar-refractivity contribution in [3.05, 3.63) is 35.4 Å². The van der Waals surface area contributed by atoms with Crippen LogP contribution in [0.3, 0.4) is 0 Å². The Balaban J connectivity index is 2.88. The molecule has 14 heavy (non-hydrogen) atoms. The zero-order chi connectivity index (χ0) is 10.7. The quantitative estimate of drug-likeness (QED) is 0.707. The molecule has 0 bridgehead atoms. The van der Waals surface area contributed by atoms with Gasteiger partial charge < -0.3 is 0 Å². The van der Waals surface area contributed by atoms with E-state index in [0.29, 0.717) is 11.5 Å². The monoisotopic (exact) mass is 262 g/mol. The van der Waals surface area contributed by atoms with Crippen LogP contribution in [-0.2, 0) is 0 Å². The molecule has 1 atom stereocenters. The highest BCUT2D eigenvalue weighted by atomic mass is 79.9. The van der Waals surface area contributed by atoms with Gasteiger partial charge in [0.15, 0.2) is 0 Å². The Morgan fingerprint density at radius 1 is 1.29 bits per heavy atom. The van der Waals surface area contributed by atoms with Crippen LogP contribution in [0.5, 0.6) is 0 Å². The molecule has 0 radical (unpaired) electrons. The molecule has 0 amide bonds. The molecule has 0 spiro atoms. The average molecular weight is 263 g/mol. The van der Waals surface area contributed by atoms with E-state index < -0.39 is 5.82 Å². The highest BCUT2D eigenvalue weighted by Gasteiger charge is 2.14. The van der Waals surface area contributed by atoms with Crippen molar-refractivity contribution in [1.82, 2.24) is 0 Å². The zero-order valence-corrected chi connectivity index (χ0v) is 9.81. The van der Waals surface area contributed by atoms with E-state index in [9.17, 15) is 8.78 Å². The molecule has 0 saturated carbocycles. The van der Waals surface area contributed by atoms with E-state index in [4.69, 9.17) is 0 Å². The Labute approximate surface area is 91.5 Å². The molecule has 1 aromatic carbocycles.